The van der Waals surface area contributed by atoms with Crippen LogP contribution in [0.3, 0.4) is 0 Å². The predicted molar refractivity (Wildman–Crippen MR) is 59.6 cm³/mol. The molecule has 84 valence electrons. The van der Waals surface area contributed by atoms with Crippen LogP contribution < -0.4 is 5.32 Å². The van der Waals surface area contributed by atoms with Crippen molar-refractivity contribution in [2.75, 3.05) is 32.8 Å². The molecule has 1 atom stereocenters. The molecule has 1 aliphatic heterocycles. The van der Waals surface area contributed by atoms with Gasteiger partial charge in [0.2, 0.25) is 0 Å². The number of nitrogens with zero attached hydrogens (tertiary/aromatic N) is 1. The molecule has 3 nitrogen and oxygen atoms in total. The molecule has 0 aromatic rings. The van der Waals surface area contributed by atoms with Crippen LogP contribution in [0.25, 0.3) is 0 Å². The van der Waals surface area contributed by atoms with Gasteiger partial charge in [-0.2, -0.15) is 0 Å². The second-order valence-corrected chi connectivity index (χ2v) is 5.12. The van der Waals surface area contributed by atoms with Crippen LogP contribution in [0, 0.1) is 0 Å². The molecule has 0 saturated carbocycles. The first kappa shape index (κ1) is 12.0. The van der Waals surface area contributed by atoms with Crippen molar-refractivity contribution in [2.24, 2.45) is 0 Å². The van der Waals surface area contributed by atoms with Crippen LogP contribution in [-0.2, 0) is 4.74 Å². The molecular formula is C11H24N2O. The number of rotatable bonds is 3. The van der Waals surface area contributed by atoms with Crippen molar-refractivity contribution < 1.29 is 4.74 Å². The summed E-state index contributed by atoms with van der Waals surface area (Å²) in [6.45, 7) is 13.9. The number of ether oxygens (including phenoxy) is 1. The standard InChI is InChI=1S/C11H24N2O/c1-10-9-13(6-5-12-10)7-8-14-11(2,3)4/h10,12H,5-9H2,1-4H3/t10-/m0/s1. The summed E-state index contributed by atoms with van der Waals surface area (Å²) in [6.07, 6.45) is 0. The van der Waals surface area contributed by atoms with Gasteiger partial charge in [-0.3, -0.25) is 4.90 Å². The SMILES string of the molecule is C[C@H]1CN(CCOC(C)(C)C)CCN1. The molecular weight excluding hydrogens is 176 g/mol. The van der Waals surface area contributed by atoms with Gasteiger partial charge in [0.1, 0.15) is 0 Å². The Morgan fingerprint density at radius 3 is 2.71 bits per heavy atom. The van der Waals surface area contributed by atoms with Crippen molar-refractivity contribution in [3.05, 3.63) is 0 Å². The molecule has 0 aromatic carbocycles. The third-order valence-electron chi connectivity index (χ3n) is 2.40. The summed E-state index contributed by atoms with van der Waals surface area (Å²) >= 11 is 0. The lowest BCUT2D eigenvalue weighted by Gasteiger charge is -2.32. The molecule has 1 heterocycles. The van der Waals surface area contributed by atoms with Gasteiger partial charge in [0.25, 0.3) is 0 Å². The van der Waals surface area contributed by atoms with E-state index in [0.29, 0.717) is 6.04 Å². The van der Waals surface area contributed by atoms with E-state index in [0.717, 1.165) is 32.8 Å². The van der Waals surface area contributed by atoms with Gasteiger partial charge in [0, 0.05) is 32.2 Å². The highest BCUT2D eigenvalue weighted by Crippen LogP contribution is 2.06. The number of hydrogen-bond acceptors (Lipinski definition) is 3. The van der Waals surface area contributed by atoms with Crippen molar-refractivity contribution in [3.63, 3.8) is 0 Å². The lowest BCUT2D eigenvalue weighted by atomic mass is 10.2. The van der Waals surface area contributed by atoms with Gasteiger partial charge in [-0.1, -0.05) is 0 Å². The van der Waals surface area contributed by atoms with Gasteiger partial charge in [-0.05, 0) is 27.7 Å². The van der Waals surface area contributed by atoms with Crippen LogP contribution in [0.5, 0.6) is 0 Å². The third-order valence-corrected chi connectivity index (χ3v) is 2.40. The van der Waals surface area contributed by atoms with Crippen LogP contribution in [0.2, 0.25) is 0 Å². The van der Waals surface area contributed by atoms with E-state index in [-0.39, 0.29) is 5.60 Å². The highest BCUT2D eigenvalue weighted by atomic mass is 16.5. The summed E-state index contributed by atoms with van der Waals surface area (Å²) in [5.41, 5.74) is -0.000344. The molecule has 1 aliphatic rings. The minimum Gasteiger partial charge on any atom is -0.375 e. The lowest BCUT2D eigenvalue weighted by molar-refractivity contribution is -0.0152. The fourth-order valence-electron chi connectivity index (χ4n) is 1.70. The largest absolute Gasteiger partial charge is 0.375 e. The average Bonchev–Trinajstić information content (AvgIpc) is 2.01. The normalized spacial score (nSPS) is 25.3. The van der Waals surface area contributed by atoms with Gasteiger partial charge in [-0.15, -0.1) is 0 Å². The molecule has 0 unspecified atom stereocenters. The van der Waals surface area contributed by atoms with Crippen molar-refractivity contribution in [1.29, 1.82) is 0 Å². The molecule has 1 rings (SSSR count). The van der Waals surface area contributed by atoms with E-state index in [2.05, 4.69) is 37.9 Å². The topological polar surface area (TPSA) is 24.5 Å². The first-order valence-electron chi connectivity index (χ1n) is 5.57. The Morgan fingerprint density at radius 2 is 2.14 bits per heavy atom. The van der Waals surface area contributed by atoms with Gasteiger partial charge in [-0.25, -0.2) is 0 Å². The van der Waals surface area contributed by atoms with Gasteiger partial charge in [0.05, 0.1) is 12.2 Å². The monoisotopic (exact) mass is 200 g/mol. The molecule has 0 spiro atoms. The molecule has 1 saturated heterocycles. The zero-order chi connectivity index (χ0) is 10.6. The van der Waals surface area contributed by atoms with E-state index in [4.69, 9.17) is 4.74 Å². The summed E-state index contributed by atoms with van der Waals surface area (Å²) in [5.74, 6) is 0. The Labute approximate surface area is 87.8 Å². The number of nitrogens with one attached hydrogen (secondary N) is 1. The quantitative estimate of drug-likeness (QED) is 0.738. The predicted octanol–water partition coefficient (Wildman–Crippen LogP) is 1.10. The molecule has 0 radical (unpaired) electrons. The maximum absolute atomic E-state index is 5.71. The first-order valence-corrected chi connectivity index (χ1v) is 5.57. The van der Waals surface area contributed by atoms with E-state index < -0.39 is 0 Å². The van der Waals surface area contributed by atoms with E-state index in [9.17, 15) is 0 Å². The van der Waals surface area contributed by atoms with Crippen molar-refractivity contribution in [2.45, 2.75) is 39.3 Å². The summed E-state index contributed by atoms with van der Waals surface area (Å²) in [6, 6.07) is 0.624. The van der Waals surface area contributed by atoms with Crippen molar-refractivity contribution in [3.8, 4) is 0 Å². The fraction of sp³-hybridized carbons (Fsp3) is 1.00. The van der Waals surface area contributed by atoms with Crippen molar-refractivity contribution in [1.82, 2.24) is 10.2 Å². The zero-order valence-corrected chi connectivity index (χ0v) is 9.97. The zero-order valence-electron chi connectivity index (χ0n) is 9.97. The third kappa shape index (κ3) is 4.94. The second-order valence-electron chi connectivity index (χ2n) is 5.12. The van der Waals surface area contributed by atoms with Gasteiger partial charge < -0.3 is 10.1 Å². The van der Waals surface area contributed by atoms with Crippen molar-refractivity contribution >= 4 is 0 Å². The Bertz CT molecular complexity index is 165. The lowest BCUT2D eigenvalue weighted by Crippen LogP contribution is -2.50. The van der Waals surface area contributed by atoms with E-state index in [1.54, 1.807) is 0 Å². The number of piperazine rings is 1. The van der Waals surface area contributed by atoms with Crippen LogP contribution in [0.15, 0.2) is 0 Å². The molecule has 1 fully saturated rings. The van der Waals surface area contributed by atoms with Crippen LogP contribution in [-0.4, -0.2) is 49.3 Å². The molecule has 0 aliphatic carbocycles. The number of hydrogen-bond donors (Lipinski definition) is 1. The summed E-state index contributed by atoms with van der Waals surface area (Å²) < 4.78 is 5.71. The molecule has 0 bridgehead atoms. The van der Waals surface area contributed by atoms with Crippen LogP contribution >= 0.6 is 0 Å². The maximum Gasteiger partial charge on any atom is 0.0600 e. The Hall–Kier alpha value is -0.120. The smallest absolute Gasteiger partial charge is 0.0600 e. The Kier molecular flexibility index (Phi) is 4.35. The molecule has 1 N–H and O–H groups in total. The Balaban J connectivity index is 2.12. The fourth-order valence-corrected chi connectivity index (χ4v) is 1.70. The minimum atomic E-state index is -0.000344. The van der Waals surface area contributed by atoms with E-state index in [1.807, 2.05) is 0 Å². The summed E-state index contributed by atoms with van der Waals surface area (Å²) in [5, 5.41) is 3.44. The first-order chi connectivity index (χ1) is 6.47. The average molecular weight is 200 g/mol. The Morgan fingerprint density at radius 1 is 1.43 bits per heavy atom. The molecule has 3 heteroatoms. The van der Waals surface area contributed by atoms with Crippen LogP contribution in [0.1, 0.15) is 27.7 Å². The highest BCUT2D eigenvalue weighted by molar-refractivity contribution is 4.74. The minimum absolute atomic E-state index is 0.000344. The maximum atomic E-state index is 5.71. The van der Waals surface area contributed by atoms with E-state index >= 15 is 0 Å². The highest BCUT2D eigenvalue weighted by Gasteiger charge is 2.16. The van der Waals surface area contributed by atoms with Gasteiger partial charge in [0.15, 0.2) is 0 Å². The second kappa shape index (κ2) is 5.10. The van der Waals surface area contributed by atoms with Gasteiger partial charge >= 0.3 is 0 Å². The van der Waals surface area contributed by atoms with Crippen LogP contribution in [0.4, 0.5) is 0 Å². The summed E-state index contributed by atoms with van der Waals surface area (Å²) in [7, 11) is 0. The summed E-state index contributed by atoms with van der Waals surface area (Å²) in [4.78, 5) is 2.47. The molecule has 0 aromatic heterocycles. The molecule has 14 heavy (non-hydrogen) atoms. The molecule has 0 amide bonds. The van der Waals surface area contributed by atoms with E-state index in [1.165, 1.54) is 0 Å².